The molecular weight excluding hydrogens is 364 g/mol. The maximum Gasteiger partial charge on any atom is 0.227 e. The predicted octanol–water partition coefficient (Wildman–Crippen LogP) is 3.56. The summed E-state index contributed by atoms with van der Waals surface area (Å²) in [5.41, 5.74) is 1.79. The van der Waals surface area contributed by atoms with Crippen molar-refractivity contribution in [1.82, 2.24) is 10.2 Å². The number of carbonyl (C=O) groups is 1. The molecule has 154 valence electrons. The van der Waals surface area contributed by atoms with Crippen molar-refractivity contribution in [2.75, 3.05) is 20.7 Å². The van der Waals surface area contributed by atoms with Gasteiger partial charge in [-0.3, -0.25) is 4.79 Å². The van der Waals surface area contributed by atoms with Gasteiger partial charge in [0.2, 0.25) is 5.91 Å². The monoisotopic (exact) mass is 394 g/mol. The molecule has 4 rings (SSSR count). The zero-order chi connectivity index (χ0) is 20.3. The molecular formula is C24H30N2O3. The van der Waals surface area contributed by atoms with Gasteiger partial charge in [-0.05, 0) is 56.5 Å². The first kappa shape index (κ1) is 19.8. The highest BCUT2D eigenvalue weighted by Crippen LogP contribution is 2.38. The molecule has 0 bridgehead atoms. The molecule has 29 heavy (non-hydrogen) atoms. The number of ether oxygens (including phenoxy) is 2. The van der Waals surface area contributed by atoms with Gasteiger partial charge in [-0.15, -0.1) is 0 Å². The third kappa shape index (κ3) is 4.40. The Morgan fingerprint density at radius 3 is 2.59 bits per heavy atom. The van der Waals surface area contributed by atoms with Crippen molar-refractivity contribution in [3.05, 3.63) is 59.7 Å². The summed E-state index contributed by atoms with van der Waals surface area (Å²) in [4.78, 5) is 15.3. The predicted molar refractivity (Wildman–Crippen MR) is 113 cm³/mol. The van der Waals surface area contributed by atoms with Gasteiger partial charge in [0.1, 0.15) is 17.1 Å². The Morgan fingerprint density at radius 1 is 1.17 bits per heavy atom. The fraction of sp³-hybridized carbons (Fsp3) is 0.458. The van der Waals surface area contributed by atoms with Crippen LogP contribution in [0.15, 0.2) is 48.5 Å². The number of para-hydroxylation sites is 1. The molecule has 1 saturated carbocycles. The lowest BCUT2D eigenvalue weighted by Crippen LogP contribution is -2.51. The molecule has 2 aromatic carbocycles. The van der Waals surface area contributed by atoms with Gasteiger partial charge < -0.3 is 19.7 Å². The number of hydrogen-bond acceptors (Lipinski definition) is 4. The molecule has 1 N–H and O–H groups in total. The van der Waals surface area contributed by atoms with Crippen LogP contribution in [0.5, 0.6) is 11.5 Å². The molecule has 1 aliphatic heterocycles. The largest absolute Gasteiger partial charge is 0.497 e. The quantitative estimate of drug-likeness (QED) is 0.862. The van der Waals surface area contributed by atoms with Crippen LogP contribution in [-0.2, 0) is 17.8 Å². The molecule has 1 heterocycles. The standard InChI is InChI=1S/C24H30N2O3/c1-25-20-11-13-24(14-12-20)17-26(16-19-5-3-4-6-22(19)29-24)23(27)15-18-7-9-21(28-2)10-8-18/h3-10,20,25H,11-17H2,1-2H3. The van der Waals surface area contributed by atoms with Crippen molar-refractivity contribution in [3.63, 3.8) is 0 Å². The molecule has 1 spiro atoms. The van der Waals surface area contributed by atoms with Crippen LogP contribution in [0.2, 0.25) is 0 Å². The summed E-state index contributed by atoms with van der Waals surface area (Å²) in [6.07, 6.45) is 4.44. The Balaban J connectivity index is 1.55. The Kier molecular flexibility index (Phi) is 5.76. The van der Waals surface area contributed by atoms with Gasteiger partial charge in [0.25, 0.3) is 0 Å². The van der Waals surface area contributed by atoms with Crippen molar-refractivity contribution in [2.24, 2.45) is 0 Å². The average molecular weight is 395 g/mol. The van der Waals surface area contributed by atoms with Crippen LogP contribution in [0.25, 0.3) is 0 Å². The summed E-state index contributed by atoms with van der Waals surface area (Å²) < 4.78 is 11.8. The Hall–Kier alpha value is -2.53. The van der Waals surface area contributed by atoms with Crippen LogP contribution in [-0.4, -0.2) is 43.2 Å². The Labute approximate surface area is 173 Å². The molecule has 2 aromatic rings. The van der Waals surface area contributed by atoms with Crippen LogP contribution >= 0.6 is 0 Å². The van der Waals surface area contributed by atoms with Crippen LogP contribution in [0.4, 0.5) is 0 Å². The van der Waals surface area contributed by atoms with Crippen molar-refractivity contribution in [1.29, 1.82) is 0 Å². The van der Waals surface area contributed by atoms with Crippen LogP contribution in [0, 0.1) is 0 Å². The molecule has 0 saturated heterocycles. The van der Waals surface area contributed by atoms with E-state index in [0.29, 0.717) is 25.6 Å². The van der Waals surface area contributed by atoms with E-state index in [4.69, 9.17) is 9.47 Å². The molecule has 5 heteroatoms. The zero-order valence-corrected chi connectivity index (χ0v) is 17.3. The fourth-order valence-electron chi connectivity index (χ4n) is 4.51. The van der Waals surface area contributed by atoms with Gasteiger partial charge in [-0.1, -0.05) is 30.3 Å². The molecule has 1 amide bonds. The summed E-state index contributed by atoms with van der Waals surface area (Å²) >= 11 is 0. The smallest absolute Gasteiger partial charge is 0.227 e. The Morgan fingerprint density at radius 2 is 1.90 bits per heavy atom. The molecule has 1 aliphatic carbocycles. The zero-order valence-electron chi connectivity index (χ0n) is 17.3. The number of nitrogens with one attached hydrogen (secondary N) is 1. The minimum absolute atomic E-state index is 0.144. The van der Waals surface area contributed by atoms with Crippen molar-refractivity contribution >= 4 is 5.91 Å². The van der Waals surface area contributed by atoms with Crippen LogP contribution < -0.4 is 14.8 Å². The van der Waals surface area contributed by atoms with E-state index >= 15 is 0 Å². The number of nitrogens with zero attached hydrogens (tertiary/aromatic N) is 1. The summed E-state index contributed by atoms with van der Waals surface area (Å²) in [5.74, 6) is 1.87. The van der Waals surface area contributed by atoms with Crippen molar-refractivity contribution in [3.8, 4) is 11.5 Å². The van der Waals surface area contributed by atoms with E-state index in [1.807, 2.05) is 54.4 Å². The van der Waals surface area contributed by atoms with Crippen LogP contribution in [0.3, 0.4) is 0 Å². The number of carbonyl (C=O) groups excluding carboxylic acids is 1. The first-order chi connectivity index (χ1) is 14.1. The molecule has 0 atom stereocenters. The highest BCUT2D eigenvalue weighted by Gasteiger charge is 2.41. The molecule has 1 fully saturated rings. The van der Waals surface area contributed by atoms with Crippen LogP contribution in [0.1, 0.15) is 36.8 Å². The number of hydrogen-bond donors (Lipinski definition) is 1. The maximum atomic E-state index is 13.3. The number of fused-ring (bicyclic) bond motifs is 1. The second kappa shape index (κ2) is 8.46. The van der Waals surface area contributed by atoms with E-state index in [2.05, 4.69) is 11.4 Å². The highest BCUT2D eigenvalue weighted by molar-refractivity contribution is 5.79. The van der Waals surface area contributed by atoms with E-state index in [1.165, 1.54) is 0 Å². The SMILES string of the molecule is CNC1CCC2(CC1)CN(C(=O)Cc1ccc(OC)cc1)Cc1ccccc1O2. The lowest BCUT2D eigenvalue weighted by molar-refractivity contribution is -0.134. The van der Waals surface area contributed by atoms with E-state index in [1.54, 1.807) is 7.11 Å². The fourth-order valence-corrected chi connectivity index (χ4v) is 4.51. The minimum Gasteiger partial charge on any atom is -0.497 e. The number of benzene rings is 2. The summed E-state index contributed by atoms with van der Waals surface area (Å²) in [6.45, 7) is 1.25. The first-order valence-electron chi connectivity index (χ1n) is 10.5. The lowest BCUT2D eigenvalue weighted by Gasteiger charge is -2.41. The van der Waals surface area contributed by atoms with Crippen molar-refractivity contribution < 1.29 is 14.3 Å². The highest BCUT2D eigenvalue weighted by atomic mass is 16.5. The summed E-state index contributed by atoms with van der Waals surface area (Å²) in [7, 11) is 3.67. The number of methoxy groups -OCH3 is 1. The molecule has 0 unspecified atom stereocenters. The first-order valence-corrected chi connectivity index (χ1v) is 10.5. The van der Waals surface area contributed by atoms with E-state index in [0.717, 1.165) is 48.3 Å². The van der Waals surface area contributed by atoms with E-state index < -0.39 is 0 Å². The minimum atomic E-state index is -0.296. The molecule has 0 radical (unpaired) electrons. The third-order valence-corrected chi connectivity index (χ3v) is 6.31. The van der Waals surface area contributed by atoms with Gasteiger partial charge in [0.15, 0.2) is 0 Å². The van der Waals surface area contributed by atoms with E-state index in [-0.39, 0.29) is 11.5 Å². The molecule has 2 aliphatic rings. The molecule has 0 aromatic heterocycles. The second-order valence-corrected chi connectivity index (χ2v) is 8.23. The number of amides is 1. The summed E-state index contributed by atoms with van der Waals surface area (Å²) in [6, 6.07) is 16.4. The normalized spacial score (nSPS) is 23.8. The van der Waals surface area contributed by atoms with Gasteiger partial charge >= 0.3 is 0 Å². The van der Waals surface area contributed by atoms with Gasteiger partial charge in [0.05, 0.1) is 20.1 Å². The second-order valence-electron chi connectivity index (χ2n) is 8.23. The number of rotatable bonds is 4. The maximum absolute atomic E-state index is 13.3. The third-order valence-electron chi connectivity index (χ3n) is 6.31. The Bertz CT molecular complexity index is 841. The van der Waals surface area contributed by atoms with E-state index in [9.17, 15) is 4.79 Å². The van der Waals surface area contributed by atoms with Crippen molar-refractivity contribution in [2.45, 2.75) is 50.3 Å². The lowest BCUT2D eigenvalue weighted by atomic mass is 9.81. The topological polar surface area (TPSA) is 50.8 Å². The molecule has 5 nitrogen and oxygen atoms in total. The van der Waals surface area contributed by atoms with Gasteiger partial charge in [-0.25, -0.2) is 0 Å². The summed E-state index contributed by atoms with van der Waals surface area (Å²) in [5, 5.41) is 3.39. The van der Waals surface area contributed by atoms with Gasteiger partial charge in [-0.2, -0.15) is 0 Å². The van der Waals surface area contributed by atoms with Gasteiger partial charge in [0, 0.05) is 18.2 Å². The average Bonchev–Trinajstić information content (AvgIpc) is 2.91.